The van der Waals surface area contributed by atoms with Crippen molar-refractivity contribution < 1.29 is 13.6 Å². The highest BCUT2D eigenvalue weighted by Crippen LogP contribution is 2.33. The van der Waals surface area contributed by atoms with Crippen LogP contribution in [0.5, 0.6) is 0 Å². The zero-order chi connectivity index (χ0) is 22.5. The van der Waals surface area contributed by atoms with E-state index in [1.807, 2.05) is 11.5 Å². The molecule has 1 aromatic heterocycles. The second kappa shape index (κ2) is 9.53. The molecule has 5 N–H and O–H groups in total. The normalized spacial score (nSPS) is 10.5. The van der Waals surface area contributed by atoms with Gasteiger partial charge in [-0.25, -0.2) is 30.3 Å². The van der Waals surface area contributed by atoms with Gasteiger partial charge in [0.1, 0.15) is 17.7 Å². The third kappa shape index (κ3) is 4.80. The third-order valence-corrected chi connectivity index (χ3v) is 5.58. The Hall–Kier alpha value is -3.52. The summed E-state index contributed by atoms with van der Waals surface area (Å²) < 4.78 is 29.1. The number of nitrogens with two attached hydrogens (primary N) is 2. The molecule has 0 spiro atoms. The average Bonchev–Trinajstić information content (AvgIpc) is 2.77. The van der Waals surface area contributed by atoms with Crippen molar-refractivity contribution >= 4 is 23.5 Å². The Morgan fingerprint density at radius 2 is 2.00 bits per heavy atom. The van der Waals surface area contributed by atoms with Gasteiger partial charge in [0.05, 0.1) is 22.6 Å². The van der Waals surface area contributed by atoms with Gasteiger partial charge in [-0.2, -0.15) is 5.26 Å². The smallest absolute Gasteiger partial charge is 0.274 e. The highest BCUT2D eigenvalue weighted by Gasteiger charge is 2.18. The lowest BCUT2D eigenvalue weighted by Crippen LogP contribution is -2.48. The maximum absolute atomic E-state index is 14.7. The Bertz CT molecular complexity index is 1180. The first kappa shape index (κ1) is 22.2. The molecular formula is C21H18F2N6OS. The lowest BCUT2D eigenvalue weighted by atomic mass is 10.1. The number of aryl methyl sites for hydroxylation is 1. The van der Waals surface area contributed by atoms with Gasteiger partial charge < -0.3 is 0 Å². The second-order valence-corrected chi connectivity index (χ2v) is 7.45. The minimum absolute atomic E-state index is 0.0258. The fourth-order valence-corrected chi connectivity index (χ4v) is 3.81. The zero-order valence-corrected chi connectivity index (χ0v) is 17.2. The van der Waals surface area contributed by atoms with Crippen molar-refractivity contribution in [2.24, 2.45) is 11.7 Å². The minimum atomic E-state index is -0.822. The van der Waals surface area contributed by atoms with Crippen molar-refractivity contribution in [3.05, 3.63) is 77.0 Å². The van der Waals surface area contributed by atoms with Crippen molar-refractivity contribution in [3.63, 3.8) is 0 Å². The summed E-state index contributed by atoms with van der Waals surface area (Å²) in [4.78, 5) is 16.3. The molecule has 0 saturated heterocycles. The van der Waals surface area contributed by atoms with Crippen molar-refractivity contribution in [2.75, 3.05) is 5.01 Å². The summed E-state index contributed by atoms with van der Waals surface area (Å²) in [6, 6.07) is 13.2. The molecular weight excluding hydrogens is 422 g/mol. The molecule has 3 aromatic rings. The first-order valence-electron chi connectivity index (χ1n) is 8.99. The number of thioether (sulfide) groups is 1. The molecule has 10 heteroatoms. The summed E-state index contributed by atoms with van der Waals surface area (Å²) in [6.07, 6.45) is 0. The third-order valence-electron chi connectivity index (χ3n) is 4.50. The fraction of sp³-hybridized carbons (Fsp3) is 0.0952. The number of hydrazine groups is 2. The molecule has 0 aliphatic rings. The summed E-state index contributed by atoms with van der Waals surface area (Å²) in [7, 11) is 0. The van der Waals surface area contributed by atoms with Gasteiger partial charge in [-0.1, -0.05) is 12.1 Å². The van der Waals surface area contributed by atoms with Crippen LogP contribution in [0.25, 0.3) is 11.3 Å². The number of hydrogen-bond donors (Lipinski definition) is 3. The molecule has 0 unspecified atom stereocenters. The topological polar surface area (TPSA) is 121 Å². The Kier molecular flexibility index (Phi) is 6.81. The molecule has 3 rings (SSSR count). The lowest BCUT2D eigenvalue weighted by molar-refractivity contribution is 0.246. The number of pyridine rings is 1. The van der Waals surface area contributed by atoms with Crippen LogP contribution in [0.1, 0.15) is 16.8 Å². The maximum Gasteiger partial charge on any atom is 0.350 e. The number of carbonyl (C=O) groups excluding carboxylic acids is 1. The molecule has 0 atom stereocenters. The number of hydrogen-bond acceptors (Lipinski definition) is 6. The molecule has 0 aliphatic heterocycles. The van der Waals surface area contributed by atoms with E-state index in [2.05, 4.69) is 4.98 Å². The van der Waals surface area contributed by atoms with E-state index >= 15 is 0 Å². The van der Waals surface area contributed by atoms with Crippen LogP contribution < -0.4 is 22.1 Å². The van der Waals surface area contributed by atoms with E-state index in [-0.39, 0.29) is 21.9 Å². The molecule has 0 radical (unpaired) electrons. The van der Waals surface area contributed by atoms with Gasteiger partial charge in [0.25, 0.3) is 0 Å². The summed E-state index contributed by atoms with van der Waals surface area (Å²) in [5.41, 5.74) is 4.22. The SMILES string of the molecule is Cc1nc(-c2ccc(SCc3c(F)cccc3N(N)C(=O)NN)c(F)c2)ccc1C#N. The number of halogens is 2. The number of anilines is 1. The van der Waals surface area contributed by atoms with Crippen LogP contribution in [-0.4, -0.2) is 11.0 Å². The van der Waals surface area contributed by atoms with E-state index in [1.54, 1.807) is 31.2 Å². The number of nitrogens with zero attached hydrogens (tertiary/aromatic N) is 3. The Morgan fingerprint density at radius 1 is 1.23 bits per heavy atom. The number of carbonyl (C=O) groups is 1. The van der Waals surface area contributed by atoms with Gasteiger partial charge in [-0.05, 0) is 43.3 Å². The van der Waals surface area contributed by atoms with E-state index in [9.17, 15) is 13.6 Å². The molecule has 2 aromatic carbocycles. The predicted octanol–water partition coefficient (Wildman–Crippen LogP) is 3.76. The quantitative estimate of drug-likeness (QED) is 0.240. The van der Waals surface area contributed by atoms with Crippen LogP contribution in [0.2, 0.25) is 0 Å². The molecule has 0 saturated carbocycles. The van der Waals surface area contributed by atoms with E-state index in [4.69, 9.17) is 16.9 Å². The number of aromatic nitrogens is 1. The predicted molar refractivity (Wildman–Crippen MR) is 114 cm³/mol. The monoisotopic (exact) mass is 440 g/mol. The first-order chi connectivity index (χ1) is 14.8. The number of rotatable bonds is 5. The average molecular weight is 440 g/mol. The van der Waals surface area contributed by atoms with Gasteiger partial charge >= 0.3 is 6.03 Å². The number of benzene rings is 2. The van der Waals surface area contributed by atoms with Gasteiger partial charge in [-0.3, -0.25) is 10.4 Å². The summed E-state index contributed by atoms with van der Waals surface area (Å²) in [6.45, 7) is 1.71. The van der Waals surface area contributed by atoms with E-state index in [0.717, 1.165) is 11.8 Å². The Balaban J connectivity index is 1.83. The molecule has 0 fully saturated rings. The van der Waals surface area contributed by atoms with E-state index < -0.39 is 17.7 Å². The summed E-state index contributed by atoms with van der Waals surface area (Å²) in [5.74, 6) is 9.72. The second-order valence-electron chi connectivity index (χ2n) is 6.43. The molecule has 2 amide bonds. The number of nitrogens with one attached hydrogen (secondary N) is 1. The summed E-state index contributed by atoms with van der Waals surface area (Å²) in [5, 5.41) is 9.70. The molecule has 0 aliphatic carbocycles. The van der Waals surface area contributed by atoms with Crippen molar-refractivity contribution in [3.8, 4) is 17.3 Å². The number of amides is 2. The van der Waals surface area contributed by atoms with Crippen LogP contribution in [0.15, 0.2) is 53.4 Å². The number of urea groups is 1. The van der Waals surface area contributed by atoms with Crippen molar-refractivity contribution in [1.82, 2.24) is 10.4 Å². The zero-order valence-electron chi connectivity index (χ0n) is 16.4. The van der Waals surface area contributed by atoms with Crippen LogP contribution >= 0.6 is 11.8 Å². The largest absolute Gasteiger partial charge is 0.350 e. The maximum atomic E-state index is 14.7. The van der Waals surface area contributed by atoms with Gasteiger partial charge in [0, 0.05) is 21.8 Å². The van der Waals surface area contributed by atoms with Crippen LogP contribution in [0.4, 0.5) is 19.3 Å². The lowest BCUT2D eigenvalue weighted by Gasteiger charge is -2.19. The van der Waals surface area contributed by atoms with Crippen LogP contribution in [0.3, 0.4) is 0 Å². The van der Waals surface area contributed by atoms with E-state index in [0.29, 0.717) is 27.5 Å². The van der Waals surface area contributed by atoms with Gasteiger partial charge in [0.15, 0.2) is 0 Å². The van der Waals surface area contributed by atoms with Crippen LogP contribution in [0, 0.1) is 29.9 Å². The van der Waals surface area contributed by atoms with Gasteiger partial charge in [-0.15, -0.1) is 11.8 Å². The molecule has 7 nitrogen and oxygen atoms in total. The molecule has 31 heavy (non-hydrogen) atoms. The van der Waals surface area contributed by atoms with E-state index in [1.165, 1.54) is 24.3 Å². The molecule has 1 heterocycles. The van der Waals surface area contributed by atoms with Crippen molar-refractivity contribution in [1.29, 1.82) is 5.26 Å². The molecule has 0 bridgehead atoms. The standard InChI is InChI=1S/C21H18F2N6OS/c1-12-14(10-24)5-7-18(27-12)13-6-8-20(17(23)9-13)31-11-15-16(22)3-2-4-19(15)29(26)21(30)28-25/h2-9H,11,25-26H2,1H3,(H,28,30). The highest BCUT2D eigenvalue weighted by atomic mass is 32.2. The fourth-order valence-electron chi connectivity index (χ4n) is 2.86. The van der Waals surface area contributed by atoms with Crippen molar-refractivity contribution in [2.45, 2.75) is 17.6 Å². The van der Waals surface area contributed by atoms with Crippen LogP contribution in [-0.2, 0) is 5.75 Å². The van der Waals surface area contributed by atoms with Gasteiger partial charge in [0.2, 0.25) is 0 Å². The highest BCUT2D eigenvalue weighted by molar-refractivity contribution is 7.98. The Labute approximate surface area is 181 Å². The number of nitriles is 1. The summed E-state index contributed by atoms with van der Waals surface area (Å²) >= 11 is 1.05. The first-order valence-corrected chi connectivity index (χ1v) is 9.97. The minimum Gasteiger partial charge on any atom is -0.274 e. The Morgan fingerprint density at radius 3 is 2.65 bits per heavy atom. The molecule has 158 valence electrons.